The zero-order chi connectivity index (χ0) is 11.8. The zero-order valence-corrected chi connectivity index (χ0v) is 10.8. The molecule has 0 aliphatic heterocycles. The monoisotopic (exact) mass is 293 g/mol. The summed E-state index contributed by atoms with van der Waals surface area (Å²) in [4.78, 5) is 0. The van der Waals surface area contributed by atoms with Crippen LogP contribution in [0, 0.1) is 5.92 Å². The molecule has 0 bridgehead atoms. The van der Waals surface area contributed by atoms with Crippen LogP contribution < -0.4 is 5.73 Å². The average Bonchev–Trinajstić information content (AvgIpc) is 3.01. The van der Waals surface area contributed by atoms with E-state index in [1.54, 1.807) is 0 Å². The number of nitrogens with two attached hydrogens (primary N) is 1. The molecule has 88 valence electrons. The van der Waals surface area contributed by atoms with Gasteiger partial charge in [-0.25, -0.2) is 4.68 Å². The van der Waals surface area contributed by atoms with E-state index in [9.17, 15) is 0 Å². The smallest absolute Gasteiger partial charge is 0.183 e. The van der Waals surface area contributed by atoms with E-state index >= 15 is 0 Å². The second kappa shape index (κ2) is 4.10. The Hall–Kier alpha value is -1.43. The van der Waals surface area contributed by atoms with Gasteiger partial charge in [0.2, 0.25) is 0 Å². The Balaban J connectivity index is 2.02. The van der Waals surface area contributed by atoms with Crippen LogP contribution >= 0.6 is 15.9 Å². The van der Waals surface area contributed by atoms with E-state index in [-0.39, 0.29) is 0 Å². The largest absolute Gasteiger partial charge is 0.398 e. The molecule has 1 aromatic heterocycles. The molecule has 0 unspecified atom stereocenters. The molecule has 1 aliphatic carbocycles. The number of rotatable bonds is 3. The van der Waals surface area contributed by atoms with Gasteiger partial charge >= 0.3 is 0 Å². The maximum Gasteiger partial charge on any atom is 0.183 e. The van der Waals surface area contributed by atoms with E-state index in [1.165, 1.54) is 12.8 Å². The second-order valence-corrected chi connectivity index (χ2v) is 5.13. The lowest BCUT2D eigenvalue weighted by molar-refractivity contribution is 0.548. The molecular formula is C11H12BrN5. The predicted octanol–water partition coefficient (Wildman–Crippen LogP) is 2.09. The van der Waals surface area contributed by atoms with Gasteiger partial charge < -0.3 is 5.73 Å². The number of hydrogen-bond donors (Lipinski definition) is 1. The number of nitrogen functional groups attached to an aromatic ring is 1. The summed E-state index contributed by atoms with van der Waals surface area (Å²) in [6, 6.07) is 5.73. The molecule has 1 saturated carbocycles. The molecule has 1 aliphatic rings. The van der Waals surface area contributed by atoms with E-state index in [0.29, 0.717) is 5.69 Å². The summed E-state index contributed by atoms with van der Waals surface area (Å²) in [5, 5.41) is 11.9. The Labute approximate surface area is 107 Å². The summed E-state index contributed by atoms with van der Waals surface area (Å²) in [6.45, 7) is 0.892. The number of nitrogens with zero attached hydrogens (tertiary/aromatic N) is 4. The van der Waals surface area contributed by atoms with Crippen molar-refractivity contribution in [2.45, 2.75) is 19.4 Å². The quantitative estimate of drug-likeness (QED) is 0.880. The molecule has 1 fully saturated rings. The summed E-state index contributed by atoms with van der Waals surface area (Å²) in [5.41, 5.74) is 7.50. The van der Waals surface area contributed by atoms with Crippen molar-refractivity contribution in [2.24, 2.45) is 5.92 Å². The van der Waals surface area contributed by atoms with Crippen molar-refractivity contribution in [1.29, 1.82) is 0 Å². The third-order valence-electron chi connectivity index (χ3n) is 2.93. The highest BCUT2D eigenvalue weighted by Crippen LogP contribution is 2.34. The normalized spacial score (nSPS) is 15.1. The van der Waals surface area contributed by atoms with Gasteiger partial charge in [-0.05, 0) is 57.2 Å². The number of benzene rings is 1. The second-order valence-electron chi connectivity index (χ2n) is 4.34. The molecule has 1 aromatic carbocycles. The van der Waals surface area contributed by atoms with Crippen LogP contribution in [0.15, 0.2) is 22.7 Å². The van der Waals surface area contributed by atoms with Gasteiger partial charge in [-0.15, -0.1) is 5.10 Å². The number of aromatic nitrogens is 4. The van der Waals surface area contributed by atoms with E-state index in [2.05, 4.69) is 31.5 Å². The van der Waals surface area contributed by atoms with Gasteiger partial charge in [-0.1, -0.05) is 6.07 Å². The molecule has 17 heavy (non-hydrogen) atoms. The van der Waals surface area contributed by atoms with Crippen molar-refractivity contribution in [3.05, 3.63) is 22.7 Å². The van der Waals surface area contributed by atoms with Gasteiger partial charge in [0.1, 0.15) is 0 Å². The number of anilines is 1. The summed E-state index contributed by atoms with van der Waals surface area (Å²) in [7, 11) is 0. The van der Waals surface area contributed by atoms with Crippen LogP contribution in [0.25, 0.3) is 11.4 Å². The van der Waals surface area contributed by atoms with Crippen molar-refractivity contribution < 1.29 is 0 Å². The summed E-state index contributed by atoms with van der Waals surface area (Å²) in [6.07, 6.45) is 2.55. The molecule has 5 nitrogen and oxygen atoms in total. The Morgan fingerprint density at radius 3 is 3.00 bits per heavy atom. The van der Waals surface area contributed by atoms with E-state index < -0.39 is 0 Å². The Bertz CT molecular complexity index is 547. The van der Waals surface area contributed by atoms with Gasteiger partial charge in [0.25, 0.3) is 0 Å². The lowest BCUT2D eigenvalue weighted by atomic mass is 10.2. The molecule has 0 radical (unpaired) electrons. The average molecular weight is 294 g/mol. The summed E-state index contributed by atoms with van der Waals surface area (Å²) < 4.78 is 2.71. The highest BCUT2D eigenvalue weighted by atomic mass is 79.9. The first-order chi connectivity index (χ1) is 8.25. The fourth-order valence-corrected chi connectivity index (χ4v) is 2.23. The maximum absolute atomic E-state index is 5.87. The molecule has 2 aromatic rings. The van der Waals surface area contributed by atoms with Crippen molar-refractivity contribution in [3.8, 4) is 11.4 Å². The van der Waals surface area contributed by atoms with Crippen molar-refractivity contribution in [2.75, 3.05) is 5.73 Å². The zero-order valence-electron chi connectivity index (χ0n) is 9.17. The number of halogens is 1. The van der Waals surface area contributed by atoms with Crippen LogP contribution in [-0.4, -0.2) is 20.2 Å². The molecule has 0 spiro atoms. The first kappa shape index (κ1) is 10.7. The summed E-state index contributed by atoms with van der Waals surface area (Å²) in [5.74, 6) is 1.51. The lowest BCUT2D eigenvalue weighted by Gasteiger charge is -2.07. The molecule has 0 atom stereocenters. The molecule has 0 saturated heterocycles. The van der Waals surface area contributed by atoms with Crippen molar-refractivity contribution >= 4 is 21.6 Å². The van der Waals surface area contributed by atoms with Gasteiger partial charge in [0, 0.05) is 17.8 Å². The van der Waals surface area contributed by atoms with Crippen LogP contribution in [0.2, 0.25) is 0 Å². The molecule has 3 rings (SSSR count). The minimum atomic E-state index is 0.698. The van der Waals surface area contributed by atoms with Crippen LogP contribution in [0.4, 0.5) is 5.69 Å². The fourth-order valence-electron chi connectivity index (χ4n) is 1.79. The third-order valence-corrected chi connectivity index (χ3v) is 3.81. The Morgan fingerprint density at radius 2 is 2.24 bits per heavy atom. The molecular weight excluding hydrogens is 282 g/mol. The number of tetrazole rings is 1. The van der Waals surface area contributed by atoms with Gasteiger partial charge in [0.15, 0.2) is 5.82 Å². The molecule has 6 heteroatoms. The predicted molar refractivity (Wildman–Crippen MR) is 68.1 cm³/mol. The highest BCUT2D eigenvalue weighted by molar-refractivity contribution is 9.10. The van der Waals surface area contributed by atoms with Crippen LogP contribution in [-0.2, 0) is 6.54 Å². The molecule has 0 amide bonds. The first-order valence-corrected chi connectivity index (χ1v) is 6.35. The lowest BCUT2D eigenvalue weighted by Crippen LogP contribution is -2.05. The van der Waals surface area contributed by atoms with Gasteiger partial charge in [-0.3, -0.25) is 0 Å². The Morgan fingerprint density at radius 1 is 1.41 bits per heavy atom. The topological polar surface area (TPSA) is 69.6 Å². The van der Waals surface area contributed by atoms with Crippen LogP contribution in [0.1, 0.15) is 12.8 Å². The minimum absolute atomic E-state index is 0.698. The highest BCUT2D eigenvalue weighted by Gasteiger charge is 2.24. The maximum atomic E-state index is 5.87. The minimum Gasteiger partial charge on any atom is -0.398 e. The van der Waals surface area contributed by atoms with Crippen molar-refractivity contribution in [1.82, 2.24) is 20.2 Å². The van der Waals surface area contributed by atoms with E-state index in [1.807, 2.05) is 22.9 Å². The van der Waals surface area contributed by atoms with Gasteiger partial charge in [-0.2, -0.15) is 0 Å². The Kier molecular flexibility index (Phi) is 2.58. The van der Waals surface area contributed by atoms with Crippen molar-refractivity contribution in [3.63, 3.8) is 0 Å². The SMILES string of the molecule is Nc1cccc(-c2nnnn2CC2CC2)c1Br. The third kappa shape index (κ3) is 2.04. The fraction of sp³-hybridized carbons (Fsp3) is 0.364. The summed E-state index contributed by atoms with van der Waals surface area (Å²) >= 11 is 3.48. The van der Waals surface area contributed by atoms with Crippen LogP contribution in [0.3, 0.4) is 0 Å². The first-order valence-electron chi connectivity index (χ1n) is 5.56. The van der Waals surface area contributed by atoms with Gasteiger partial charge in [0.05, 0.1) is 4.47 Å². The molecule has 1 heterocycles. The van der Waals surface area contributed by atoms with E-state index in [0.717, 1.165) is 28.3 Å². The molecule has 2 N–H and O–H groups in total. The van der Waals surface area contributed by atoms with Crippen LogP contribution in [0.5, 0.6) is 0 Å². The number of hydrogen-bond acceptors (Lipinski definition) is 4. The van der Waals surface area contributed by atoms with E-state index in [4.69, 9.17) is 5.73 Å². The standard InChI is InChI=1S/C11H12BrN5/c12-10-8(2-1-3-9(10)13)11-14-15-16-17(11)6-7-4-5-7/h1-3,7H,4-6,13H2.